The van der Waals surface area contributed by atoms with Crippen molar-refractivity contribution in [3.63, 3.8) is 0 Å². The Morgan fingerprint density at radius 3 is 2.07 bits per heavy atom. The van der Waals surface area contributed by atoms with E-state index in [2.05, 4.69) is 15.5 Å². The van der Waals surface area contributed by atoms with Crippen LogP contribution in [0.3, 0.4) is 0 Å². The van der Waals surface area contributed by atoms with E-state index in [4.69, 9.17) is 0 Å². The standard InChI is InChI=1S/C17H16F4N4O3/c1-28-14(26)16(17(19,20)21,25-24-13-5-3-2-4-6-13)23-15(27)22-12-9-7-11(18)8-10-12/h2-10,24-25H,1H3,(H2,22,23,27)/t16-/m1/s1. The second-order valence-electron chi connectivity index (χ2n) is 5.44. The number of rotatable bonds is 6. The predicted molar refractivity (Wildman–Crippen MR) is 92.6 cm³/mol. The van der Waals surface area contributed by atoms with Crippen molar-refractivity contribution in [2.45, 2.75) is 11.8 Å². The summed E-state index contributed by atoms with van der Waals surface area (Å²) >= 11 is 0. The van der Waals surface area contributed by atoms with Gasteiger partial charge in [-0.3, -0.25) is 0 Å². The summed E-state index contributed by atoms with van der Waals surface area (Å²) in [6.45, 7) is 0. The van der Waals surface area contributed by atoms with E-state index < -0.39 is 29.7 Å². The van der Waals surface area contributed by atoms with Gasteiger partial charge in [-0.1, -0.05) is 18.2 Å². The summed E-state index contributed by atoms with van der Waals surface area (Å²) in [6.07, 6.45) is -5.29. The lowest BCUT2D eigenvalue weighted by Gasteiger charge is -2.34. The molecule has 1 atom stereocenters. The van der Waals surface area contributed by atoms with E-state index >= 15 is 0 Å². The Kier molecular flexibility index (Phi) is 6.41. The molecule has 11 heteroatoms. The lowest BCUT2D eigenvalue weighted by atomic mass is 10.1. The van der Waals surface area contributed by atoms with E-state index in [1.165, 1.54) is 17.4 Å². The maximum absolute atomic E-state index is 13.8. The first-order chi connectivity index (χ1) is 13.2. The van der Waals surface area contributed by atoms with Crippen LogP contribution in [0.4, 0.5) is 33.7 Å². The minimum absolute atomic E-state index is 0.0101. The summed E-state index contributed by atoms with van der Waals surface area (Å²) in [6, 6.07) is 10.5. The molecule has 0 aliphatic carbocycles. The highest BCUT2D eigenvalue weighted by Crippen LogP contribution is 2.30. The number of ether oxygens (including phenoxy) is 1. The Balaban J connectivity index is 2.26. The number of benzene rings is 2. The molecule has 0 aliphatic rings. The Bertz CT molecular complexity index is 815. The van der Waals surface area contributed by atoms with Crippen LogP contribution in [0, 0.1) is 5.82 Å². The quantitative estimate of drug-likeness (QED) is 0.259. The number of halogens is 4. The van der Waals surface area contributed by atoms with Crippen LogP contribution in [0.25, 0.3) is 0 Å². The van der Waals surface area contributed by atoms with E-state index in [-0.39, 0.29) is 11.4 Å². The fourth-order valence-electron chi connectivity index (χ4n) is 2.10. The molecule has 0 radical (unpaired) electrons. The van der Waals surface area contributed by atoms with Crippen molar-refractivity contribution in [1.29, 1.82) is 0 Å². The summed E-state index contributed by atoms with van der Waals surface area (Å²) in [7, 11) is 0.743. The van der Waals surface area contributed by atoms with Crippen LogP contribution in [0.15, 0.2) is 54.6 Å². The van der Waals surface area contributed by atoms with Gasteiger partial charge in [-0.2, -0.15) is 18.6 Å². The van der Waals surface area contributed by atoms with E-state index in [0.29, 0.717) is 0 Å². The zero-order valence-electron chi connectivity index (χ0n) is 14.4. The molecular formula is C17H16F4N4O3. The van der Waals surface area contributed by atoms with Crippen molar-refractivity contribution in [2.24, 2.45) is 0 Å². The SMILES string of the molecule is COC(=O)[C@](NNc1ccccc1)(NC(=O)Nc1ccc(F)cc1)C(F)(F)F. The monoisotopic (exact) mass is 400 g/mol. The van der Waals surface area contributed by atoms with Crippen LogP contribution in [-0.4, -0.2) is 30.9 Å². The lowest BCUT2D eigenvalue weighted by molar-refractivity contribution is -0.215. The second-order valence-corrected chi connectivity index (χ2v) is 5.44. The highest BCUT2D eigenvalue weighted by molar-refractivity contribution is 5.94. The molecule has 0 spiro atoms. The van der Waals surface area contributed by atoms with Crippen molar-refractivity contribution in [2.75, 3.05) is 17.9 Å². The van der Waals surface area contributed by atoms with Gasteiger partial charge in [0.2, 0.25) is 0 Å². The molecule has 0 saturated carbocycles. The number of hydrogen-bond donors (Lipinski definition) is 4. The van der Waals surface area contributed by atoms with Gasteiger partial charge in [0, 0.05) is 11.4 Å². The largest absolute Gasteiger partial charge is 0.466 e. The van der Waals surface area contributed by atoms with Gasteiger partial charge in [0.15, 0.2) is 0 Å². The van der Waals surface area contributed by atoms with Crippen molar-refractivity contribution in [1.82, 2.24) is 10.7 Å². The molecule has 4 N–H and O–H groups in total. The number of anilines is 2. The predicted octanol–water partition coefficient (Wildman–Crippen LogP) is 3.00. The highest BCUT2D eigenvalue weighted by atomic mass is 19.4. The second kappa shape index (κ2) is 8.57. The molecule has 2 aromatic carbocycles. The maximum atomic E-state index is 13.8. The fraction of sp³-hybridized carbons (Fsp3) is 0.176. The number of nitrogens with one attached hydrogen (secondary N) is 4. The summed E-state index contributed by atoms with van der Waals surface area (Å²) in [5, 5.41) is 3.62. The number of urea groups is 1. The summed E-state index contributed by atoms with van der Waals surface area (Å²) in [5.41, 5.74) is 0.601. The van der Waals surface area contributed by atoms with E-state index in [1.807, 2.05) is 0 Å². The number of carbonyl (C=O) groups excluding carboxylic acids is 2. The fourth-order valence-corrected chi connectivity index (χ4v) is 2.10. The molecule has 0 fully saturated rings. The number of hydrazine groups is 1. The number of carbonyl (C=O) groups is 2. The van der Waals surface area contributed by atoms with Gasteiger partial charge in [-0.25, -0.2) is 14.0 Å². The highest BCUT2D eigenvalue weighted by Gasteiger charge is 2.63. The third-order valence-electron chi connectivity index (χ3n) is 3.49. The molecule has 0 aromatic heterocycles. The molecule has 0 bridgehead atoms. The number of hydrogen-bond acceptors (Lipinski definition) is 5. The zero-order valence-corrected chi connectivity index (χ0v) is 14.4. The molecule has 0 aliphatic heterocycles. The van der Waals surface area contributed by atoms with Gasteiger partial charge < -0.3 is 20.8 Å². The smallest absolute Gasteiger partial charge is 0.438 e. The normalized spacial score (nSPS) is 13.2. The summed E-state index contributed by atoms with van der Waals surface area (Å²) < 4.78 is 58.5. The van der Waals surface area contributed by atoms with Gasteiger partial charge in [-0.05, 0) is 36.4 Å². The number of methoxy groups -OCH3 is 1. The Hall–Kier alpha value is -3.34. The first-order valence-corrected chi connectivity index (χ1v) is 7.76. The number of amides is 2. The van der Waals surface area contributed by atoms with Crippen LogP contribution in [0.1, 0.15) is 0 Å². The zero-order chi connectivity index (χ0) is 20.8. The number of para-hydroxylation sites is 1. The molecule has 150 valence electrons. The van der Waals surface area contributed by atoms with E-state index in [0.717, 1.165) is 31.4 Å². The molecule has 7 nitrogen and oxygen atoms in total. The molecule has 2 amide bonds. The van der Waals surface area contributed by atoms with Crippen LogP contribution in [0.5, 0.6) is 0 Å². The van der Waals surface area contributed by atoms with E-state index in [1.54, 1.807) is 23.6 Å². The molecule has 0 heterocycles. The van der Waals surface area contributed by atoms with Crippen LogP contribution in [0.2, 0.25) is 0 Å². The Morgan fingerprint density at radius 1 is 0.929 bits per heavy atom. The minimum Gasteiger partial charge on any atom is -0.466 e. The molecule has 2 rings (SSSR count). The number of esters is 1. The van der Waals surface area contributed by atoms with E-state index in [9.17, 15) is 27.2 Å². The molecule has 0 unspecified atom stereocenters. The first kappa shape index (κ1) is 21.0. The maximum Gasteiger partial charge on any atom is 0.438 e. The number of alkyl halides is 3. The summed E-state index contributed by atoms with van der Waals surface area (Å²) in [5.74, 6) is -2.41. The molecule has 28 heavy (non-hydrogen) atoms. The molecular weight excluding hydrogens is 384 g/mol. The first-order valence-electron chi connectivity index (χ1n) is 7.76. The van der Waals surface area contributed by atoms with Gasteiger partial charge in [0.1, 0.15) is 5.82 Å². The van der Waals surface area contributed by atoms with Gasteiger partial charge in [0.25, 0.3) is 0 Å². The molecule has 2 aromatic rings. The average molecular weight is 400 g/mol. The van der Waals surface area contributed by atoms with Crippen LogP contribution >= 0.6 is 0 Å². The summed E-state index contributed by atoms with van der Waals surface area (Å²) in [4.78, 5) is 24.1. The molecule has 0 saturated heterocycles. The Morgan fingerprint density at radius 2 is 1.54 bits per heavy atom. The Labute approximate surface area is 157 Å². The van der Waals surface area contributed by atoms with Crippen LogP contribution in [-0.2, 0) is 9.53 Å². The van der Waals surface area contributed by atoms with Gasteiger partial charge >= 0.3 is 23.8 Å². The lowest BCUT2D eigenvalue weighted by Crippen LogP contribution is -2.74. The minimum atomic E-state index is -5.29. The van der Waals surface area contributed by atoms with Crippen LogP contribution < -0.4 is 21.5 Å². The third kappa shape index (κ3) is 4.88. The average Bonchev–Trinajstić information content (AvgIpc) is 2.66. The van der Waals surface area contributed by atoms with Crippen molar-refractivity contribution in [3.8, 4) is 0 Å². The van der Waals surface area contributed by atoms with Gasteiger partial charge in [-0.15, -0.1) is 0 Å². The van der Waals surface area contributed by atoms with Crippen molar-refractivity contribution < 1.29 is 31.9 Å². The van der Waals surface area contributed by atoms with Gasteiger partial charge in [0.05, 0.1) is 7.11 Å². The topological polar surface area (TPSA) is 91.5 Å². The van der Waals surface area contributed by atoms with Crippen molar-refractivity contribution in [3.05, 3.63) is 60.4 Å². The van der Waals surface area contributed by atoms with Crippen molar-refractivity contribution >= 4 is 23.4 Å². The third-order valence-corrected chi connectivity index (χ3v) is 3.49.